The van der Waals surface area contributed by atoms with Crippen LogP contribution in [0.5, 0.6) is 11.5 Å². The second kappa shape index (κ2) is 9.19. The van der Waals surface area contributed by atoms with Crippen LogP contribution in [0, 0.1) is 0 Å². The molecule has 7 nitrogen and oxygen atoms in total. The number of anilines is 2. The van der Waals surface area contributed by atoms with Gasteiger partial charge in [-0.25, -0.2) is 9.69 Å². The molecule has 2 amide bonds. The first kappa shape index (κ1) is 23.1. The van der Waals surface area contributed by atoms with E-state index in [4.69, 9.17) is 4.74 Å². The zero-order chi connectivity index (χ0) is 25.4. The second-order valence-electron chi connectivity index (χ2n) is 8.45. The third-order valence-electron chi connectivity index (χ3n) is 6.37. The van der Waals surface area contributed by atoms with Crippen molar-refractivity contribution in [1.82, 2.24) is 0 Å². The number of nitrogens with zero attached hydrogens (tertiary/aromatic N) is 2. The third kappa shape index (κ3) is 3.94. The fourth-order valence-electron chi connectivity index (χ4n) is 4.54. The topological polar surface area (TPSA) is 87.2 Å². The van der Waals surface area contributed by atoms with Crippen LogP contribution in [-0.4, -0.2) is 36.0 Å². The first-order chi connectivity index (χ1) is 17.4. The largest absolute Gasteiger partial charge is 0.508 e. The molecule has 1 aliphatic heterocycles. The Hall–Kier alpha value is -4.65. The highest BCUT2D eigenvalue weighted by Crippen LogP contribution is 2.36. The number of phenols is 1. The number of imide groups is 1. The van der Waals surface area contributed by atoms with Gasteiger partial charge in [0, 0.05) is 29.7 Å². The highest BCUT2D eigenvalue weighted by molar-refractivity contribution is 6.36. The van der Waals surface area contributed by atoms with Crippen molar-refractivity contribution in [3.63, 3.8) is 0 Å². The standard InChI is InChI=1S/C29H24N2O5/c1-3-30(4-2)20-10-8-18(9-11-20)29(35)36-23-16-19-6-5-7-24-26(19)25(17-23)28(34)31(27(24)33)21-12-14-22(32)15-13-21/h5-17,32H,3-4H2,1-2H3. The third-order valence-corrected chi connectivity index (χ3v) is 6.37. The van der Waals surface area contributed by atoms with Gasteiger partial charge >= 0.3 is 5.97 Å². The number of hydrogen-bond donors (Lipinski definition) is 1. The van der Waals surface area contributed by atoms with E-state index in [2.05, 4.69) is 18.7 Å². The van der Waals surface area contributed by atoms with Crippen LogP contribution in [0.15, 0.2) is 78.9 Å². The Morgan fingerprint density at radius 3 is 2.19 bits per heavy atom. The molecule has 7 heteroatoms. The van der Waals surface area contributed by atoms with Crippen LogP contribution in [0.1, 0.15) is 44.9 Å². The molecule has 0 saturated carbocycles. The van der Waals surface area contributed by atoms with Gasteiger partial charge in [-0.1, -0.05) is 12.1 Å². The quantitative estimate of drug-likeness (QED) is 0.226. The van der Waals surface area contributed by atoms with E-state index in [9.17, 15) is 19.5 Å². The van der Waals surface area contributed by atoms with E-state index in [1.165, 1.54) is 30.3 Å². The second-order valence-corrected chi connectivity index (χ2v) is 8.45. The molecule has 0 bridgehead atoms. The maximum absolute atomic E-state index is 13.5. The van der Waals surface area contributed by atoms with E-state index in [0.29, 0.717) is 27.6 Å². The Balaban J connectivity index is 1.50. The first-order valence-corrected chi connectivity index (χ1v) is 11.7. The lowest BCUT2D eigenvalue weighted by Crippen LogP contribution is -2.40. The molecule has 4 aromatic carbocycles. The van der Waals surface area contributed by atoms with E-state index in [-0.39, 0.29) is 17.1 Å². The van der Waals surface area contributed by atoms with Crippen molar-refractivity contribution in [3.05, 3.63) is 95.6 Å². The number of rotatable bonds is 6. The number of benzene rings is 4. The van der Waals surface area contributed by atoms with E-state index in [1.54, 1.807) is 36.4 Å². The molecule has 180 valence electrons. The summed E-state index contributed by atoms with van der Waals surface area (Å²) in [6, 6.07) is 21.3. The first-order valence-electron chi connectivity index (χ1n) is 11.7. The number of aromatic hydroxyl groups is 1. The summed E-state index contributed by atoms with van der Waals surface area (Å²) in [4.78, 5) is 42.8. The molecule has 0 atom stereocenters. The molecule has 4 aromatic rings. The fraction of sp³-hybridized carbons (Fsp3) is 0.138. The van der Waals surface area contributed by atoms with Gasteiger partial charge in [-0.3, -0.25) is 9.59 Å². The predicted molar refractivity (Wildman–Crippen MR) is 138 cm³/mol. The molecule has 1 N–H and O–H groups in total. The normalized spacial score (nSPS) is 12.7. The minimum Gasteiger partial charge on any atom is -0.508 e. The van der Waals surface area contributed by atoms with Crippen molar-refractivity contribution in [2.24, 2.45) is 0 Å². The molecule has 0 spiro atoms. The zero-order valence-corrected chi connectivity index (χ0v) is 19.9. The Morgan fingerprint density at radius 2 is 1.53 bits per heavy atom. The van der Waals surface area contributed by atoms with E-state index < -0.39 is 17.8 Å². The SMILES string of the molecule is CCN(CC)c1ccc(C(=O)Oc2cc3c4c(cccc4c2)C(=O)N(c2ccc(O)cc2)C3=O)cc1. The lowest BCUT2D eigenvalue weighted by Gasteiger charge is -2.27. The maximum Gasteiger partial charge on any atom is 0.343 e. The van der Waals surface area contributed by atoms with Gasteiger partial charge in [0.05, 0.1) is 16.8 Å². The zero-order valence-electron chi connectivity index (χ0n) is 19.9. The molecule has 1 aliphatic rings. The number of hydrogen-bond acceptors (Lipinski definition) is 6. The molecule has 0 saturated heterocycles. The highest BCUT2D eigenvalue weighted by Gasteiger charge is 2.34. The molecule has 0 unspecified atom stereocenters. The van der Waals surface area contributed by atoms with Crippen molar-refractivity contribution in [3.8, 4) is 11.5 Å². The van der Waals surface area contributed by atoms with Crippen LogP contribution in [0.2, 0.25) is 0 Å². The van der Waals surface area contributed by atoms with Crippen molar-refractivity contribution >= 4 is 39.9 Å². The minimum atomic E-state index is -0.543. The highest BCUT2D eigenvalue weighted by atomic mass is 16.5. The summed E-state index contributed by atoms with van der Waals surface area (Å²) in [6.45, 7) is 5.86. The summed E-state index contributed by atoms with van der Waals surface area (Å²) in [5, 5.41) is 10.8. The van der Waals surface area contributed by atoms with Crippen LogP contribution >= 0.6 is 0 Å². The van der Waals surface area contributed by atoms with Gasteiger partial charge in [-0.2, -0.15) is 0 Å². The number of amides is 2. The molecule has 0 fully saturated rings. The van der Waals surface area contributed by atoms with Crippen LogP contribution in [0.4, 0.5) is 11.4 Å². The molecule has 1 heterocycles. The summed E-state index contributed by atoms with van der Waals surface area (Å²) < 4.78 is 5.66. The summed E-state index contributed by atoms with van der Waals surface area (Å²) in [5.74, 6) is -1.30. The molecule has 0 aromatic heterocycles. The maximum atomic E-state index is 13.5. The molecular formula is C29H24N2O5. The van der Waals surface area contributed by atoms with Crippen LogP contribution in [0.25, 0.3) is 10.8 Å². The van der Waals surface area contributed by atoms with Gasteiger partial charge in [-0.05, 0) is 86.0 Å². The summed E-state index contributed by atoms with van der Waals surface area (Å²) in [5.41, 5.74) is 2.38. The number of carbonyl (C=O) groups is 3. The summed E-state index contributed by atoms with van der Waals surface area (Å²) in [6.07, 6.45) is 0. The Morgan fingerprint density at radius 1 is 0.861 bits per heavy atom. The predicted octanol–water partition coefficient (Wildman–Crippen LogP) is 5.41. The lowest BCUT2D eigenvalue weighted by molar-refractivity contribution is 0.0732. The van der Waals surface area contributed by atoms with Crippen molar-refractivity contribution in [1.29, 1.82) is 0 Å². The Kier molecular flexibility index (Phi) is 5.90. The van der Waals surface area contributed by atoms with Crippen molar-refractivity contribution in [2.45, 2.75) is 13.8 Å². The molecular weight excluding hydrogens is 456 g/mol. The van der Waals surface area contributed by atoms with Crippen LogP contribution in [0.3, 0.4) is 0 Å². The number of ether oxygens (including phenoxy) is 1. The molecule has 36 heavy (non-hydrogen) atoms. The van der Waals surface area contributed by atoms with Gasteiger partial charge in [0.1, 0.15) is 11.5 Å². The van der Waals surface area contributed by atoms with Gasteiger partial charge < -0.3 is 14.7 Å². The molecule has 5 rings (SSSR count). The molecule has 0 radical (unpaired) electrons. The van der Waals surface area contributed by atoms with Crippen LogP contribution in [-0.2, 0) is 0 Å². The van der Waals surface area contributed by atoms with Gasteiger partial charge in [-0.15, -0.1) is 0 Å². The van der Waals surface area contributed by atoms with E-state index in [1.807, 2.05) is 12.1 Å². The average Bonchev–Trinajstić information content (AvgIpc) is 2.89. The summed E-state index contributed by atoms with van der Waals surface area (Å²) in [7, 11) is 0. The van der Waals surface area contributed by atoms with Crippen molar-refractivity contribution in [2.75, 3.05) is 22.9 Å². The number of carbonyl (C=O) groups excluding carboxylic acids is 3. The number of phenolic OH excluding ortho intramolecular Hbond substituents is 1. The molecule has 0 aliphatic carbocycles. The lowest BCUT2D eigenvalue weighted by atomic mass is 9.93. The Bertz CT molecular complexity index is 1490. The van der Waals surface area contributed by atoms with E-state index >= 15 is 0 Å². The fourth-order valence-corrected chi connectivity index (χ4v) is 4.54. The minimum absolute atomic E-state index is 0.0255. The van der Waals surface area contributed by atoms with Gasteiger partial charge in [0.15, 0.2) is 0 Å². The summed E-state index contributed by atoms with van der Waals surface area (Å²) >= 11 is 0. The average molecular weight is 481 g/mol. The van der Waals surface area contributed by atoms with Gasteiger partial charge in [0.25, 0.3) is 11.8 Å². The number of esters is 1. The van der Waals surface area contributed by atoms with Crippen LogP contribution < -0.4 is 14.5 Å². The van der Waals surface area contributed by atoms with Crippen molar-refractivity contribution < 1.29 is 24.2 Å². The Labute approximate surface area is 208 Å². The monoisotopic (exact) mass is 480 g/mol. The van der Waals surface area contributed by atoms with E-state index in [0.717, 1.165) is 23.7 Å². The smallest absolute Gasteiger partial charge is 0.343 e. The van der Waals surface area contributed by atoms with Gasteiger partial charge in [0.2, 0.25) is 0 Å².